The van der Waals surface area contributed by atoms with E-state index in [1.54, 1.807) is 6.92 Å². The van der Waals surface area contributed by atoms with Gasteiger partial charge in [0.1, 0.15) is 6.61 Å². The molecule has 1 N–H and O–H groups in total. The van der Waals surface area contributed by atoms with Crippen LogP contribution in [0.3, 0.4) is 0 Å². The summed E-state index contributed by atoms with van der Waals surface area (Å²) in [6.07, 6.45) is 0. The van der Waals surface area contributed by atoms with E-state index < -0.39 is 16.0 Å². The van der Waals surface area contributed by atoms with E-state index in [1.807, 2.05) is 32.0 Å². The molecular weight excluding hydrogens is 326 g/mol. The first-order valence-electron chi connectivity index (χ1n) is 7.66. The summed E-state index contributed by atoms with van der Waals surface area (Å²) in [5.74, 6) is -0.483. The molecule has 128 valence electrons. The van der Waals surface area contributed by atoms with Crippen LogP contribution in [0.4, 0.5) is 0 Å². The fourth-order valence-electron chi connectivity index (χ4n) is 2.23. The average molecular weight is 347 g/mol. The Morgan fingerprint density at radius 3 is 2.38 bits per heavy atom. The lowest BCUT2D eigenvalue weighted by atomic mass is 10.1. The smallest absolute Gasteiger partial charge is 0.338 e. The van der Waals surface area contributed by atoms with Crippen LogP contribution >= 0.6 is 0 Å². The summed E-state index contributed by atoms with van der Waals surface area (Å²) in [6, 6.07) is 11.7. The van der Waals surface area contributed by atoms with E-state index in [-0.39, 0.29) is 11.5 Å². The number of hydrogen-bond donors (Lipinski definition) is 1. The summed E-state index contributed by atoms with van der Waals surface area (Å²) in [5.41, 5.74) is 3.43. The van der Waals surface area contributed by atoms with Crippen LogP contribution in [-0.4, -0.2) is 20.9 Å². The number of carbonyl (C=O) groups excluding carboxylic acids is 1. The van der Waals surface area contributed by atoms with Crippen molar-refractivity contribution < 1.29 is 17.9 Å². The predicted molar refractivity (Wildman–Crippen MR) is 92.3 cm³/mol. The summed E-state index contributed by atoms with van der Waals surface area (Å²) in [4.78, 5) is 12.2. The maximum absolute atomic E-state index is 12.1. The van der Waals surface area contributed by atoms with Crippen LogP contribution in [-0.2, 0) is 21.4 Å². The van der Waals surface area contributed by atoms with Gasteiger partial charge in [0.15, 0.2) is 0 Å². The Morgan fingerprint density at radius 1 is 1.08 bits per heavy atom. The van der Waals surface area contributed by atoms with Crippen LogP contribution in [0.25, 0.3) is 0 Å². The zero-order chi connectivity index (χ0) is 17.7. The number of ether oxygens (including phenoxy) is 1. The topological polar surface area (TPSA) is 72.5 Å². The normalized spacial score (nSPS) is 11.3. The van der Waals surface area contributed by atoms with Crippen molar-refractivity contribution in [3.8, 4) is 0 Å². The molecule has 0 heterocycles. The van der Waals surface area contributed by atoms with Crippen LogP contribution in [0.15, 0.2) is 47.4 Å². The molecule has 0 aliphatic rings. The maximum atomic E-state index is 12.1. The van der Waals surface area contributed by atoms with Crippen LogP contribution < -0.4 is 4.72 Å². The Bertz CT molecular complexity index is 827. The number of rotatable bonds is 6. The van der Waals surface area contributed by atoms with Crippen molar-refractivity contribution in [3.05, 3.63) is 64.7 Å². The van der Waals surface area contributed by atoms with Crippen molar-refractivity contribution in [1.82, 2.24) is 4.72 Å². The molecular formula is C18H21NO4S. The molecule has 0 aliphatic carbocycles. The minimum atomic E-state index is -3.52. The van der Waals surface area contributed by atoms with Crippen molar-refractivity contribution in [2.45, 2.75) is 32.3 Å². The number of carbonyl (C=O) groups is 1. The van der Waals surface area contributed by atoms with Crippen molar-refractivity contribution in [2.24, 2.45) is 0 Å². The largest absolute Gasteiger partial charge is 0.457 e. The van der Waals surface area contributed by atoms with E-state index in [9.17, 15) is 13.2 Å². The highest BCUT2D eigenvalue weighted by atomic mass is 32.2. The molecule has 2 rings (SSSR count). The van der Waals surface area contributed by atoms with Gasteiger partial charge in [-0.05, 0) is 49.2 Å². The average Bonchev–Trinajstić information content (AvgIpc) is 2.55. The Morgan fingerprint density at radius 2 is 1.75 bits per heavy atom. The standard InChI is InChI=1S/C18H21NO4S/c1-4-19-24(21,22)17-9-7-15(8-10-17)18(20)23-12-16-11-13(2)5-6-14(16)3/h5-11,19H,4,12H2,1-3H3. The Labute approximate surface area is 142 Å². The van der Waals surface area contributed by atoms with Gasteiger partial charge in [-0.1, -0.05) is 30.7 Å². The summed E-state index contributed by atoms with van der Waals surface area (Å²) in [5, 5.41) is 0. The highest BCUT2D eigenvalue weighted by Crippen LogP contribution is 2.15. The van der Waals surface area contributed by atoms with Gasteiger partial charge in [0.2, 0.25) is 10.0 Å². The van der Waals surface area contributed by atoms with Crippen LogP contribution in [0, 0.1) is 13.8 Å². The predicted octanol–water partition coefficient (Wildman–Crippen LogP) is 2.96. The Balaban J connectivity index is 2.07. The van der Waals surface area contributed by atoms with Crippen molar-refractivity contribution >= 4 is 16.0 Å². The zero-order valence-electron chi connectivity index (χ0n) is 14.0. The van der Waals surface area contributed by atoms with E-state index >= 15 is 0 Å². The molecule has 24 heavy (non-hydrogen) atoms. The summed E-state index contributed by atoms with van der Waals surface area (Å²) < 4.78 is 31.5. The molecule has 6 heteroatoms. The fourth-order valence-corrected chi connectivity index (χ4v) is 3.27. The van der Waals surface area contributed by atoms with Gasteiger partial charge < -0.3 is 4.74 Å². The molecule has 0 aliphatic heterocycles. The highest BCUT2D eigenvalue weighted by molar-refractivity contribution is 7.89. The Hall–Kier alpha value is -2.18. The van der Waals surface area contributed by atoms with E-state index in [1.165, 1.54) is 24.3 Å². The fraction of sp³-hybridized carbons (Fsp3) is 0.278. The van der Waals surface area contributed by atoms with Crippen LogP contribution in [0.2, 0.25) is 0 Å². The third-order valence-electron chi connectivity index (χ3n) is 3.60. The lowest BCUT2D eigenvalue weighted by Crippen LogP contribution is -2.23. The first-order chi connectivity index (χ1) is 11.3. The summed E-state index contributed by atoms with van der Waals surface area (Å²) in [6.45, 7) is 6.14. The van der Waals surface area contributed by atoms with Gasteiger partial charge in [-0.3, -0.25) is 0 Å². The van der Waals surface area contributed by atoms with Gasteiger partial charge >= 0.3 is 5.97 Å². The minimum absolute atomic E-state index is 0.121. The molecule has 0 unspecified atom stereocenters. The van der Waals surface area contributed by atoms with Gasteiger partial charge in [0, 0.05) is 6.54 Å². The number of esters is 1. The summed E-state index contributed by atoms with van der Waals surface area (Å²) in [7, 11) is -3.52. The quantitative estimate of drug-likeness (QED) is 0.816. The second-order valence-corrected chi connectivity index (χ2v) is 7.30. The molecule has 0 fully saturated rings. The van der Waals surface area contributed by atoms with Crippen molar-refractivity contribution in [3.63, 3.8) is 0 Å². The maximum Gasteiger partial charge on any atom is 0.338 e. The zero-order valence-corrected chi connectivity index (χ0v) is 14.8. The lowest BCUT2D eigenvalue weighted by Gasteiger charge is -2.09. The molecule has 0 radical (unpaired) electrons. The van der Waals surface area contributed by atoms with E-state index in [4.69, 9.17) is 4.74 Å². The first-order valence-corrected chi connectivity index (χ1v) is 9.15. The third kappa shape index (κ3) is 4.43. The third-order valence-corrected chi connectivity index (χ3v) is 5.16. The van der Waals surface area contributed by atoms with E-state index in [0.717, 1.165) is 16.7 Å². The molecule has 2 aromatic rings. The molecule has 0 atom stereocenters. The molecule has 0 spiro atoms. The van der Waals surface area contributed by atoms with Gasteiger partial charge in [0.25, 0.3) is 0 Å². The number of nitrogens with one attached hydrogen (secondary N) is 1. The molecule has 0 amide bonds. The second-order valence-electron chi connectivity index (χ2n) is 5.53. The first kappa shape index (κ1) is 18.2. The molecule has 0 saturated heterocycles. The Kier molecular flexibility index (Phi) is 5.75. The highest BCUT2D eigenvalue weighted by Gasteiger charge is 2.14. The SMILES string of the molecule is CCNS(=O)(=O)c1ccc(C(=O)OCc2cc(C)ccc2C)cc1. The molecule has 5 nitrogen and oxygen atoms in total. The molecule has 2 aromatic carbocycles. The minimum Gasteiger partial charge on any atom is -0.457 e. The van der Waals surface area contributed by atoms with Crippen molar-refractivity contribution in [1.29, 1.82) is 0 Å². The number of sulfonamides is 1. The van der Waals surface area contributed by atoms with E-state index in [0.29, 0.717) is 12.1 Å². The summed E-state index contributed by atoms with van der Waals surface area (Å²) >= 11 is 0. The van der Waals surface area contributed by atoms with Crippen LogP contribution in [0.5, 0.6) is 0 Å². The second kappa shape index (κ2) is 7.59. The number of hydrogen-bond acceptors (Lipinski definition) is 4. The van der Waals surface area contributed by atoms with Gasteiger partial charge in [-0.2, -0.15) is 0 Å². The molecule has 0 bridgehead atoms. The van der Waals surface area contributed by atoms with Gasteiger partial charge in [-0.15, -0.1) is 0 Å². The lowest BCUT2D eigenvalue weighted by molar-refractivity contribution is 0.0472. The van der Waals surface area contributed by atoms with Crippen LogP contribution in [0.1, 0.15) is 34.0 Å². The monoisotopic (exact) mass is 347 g/mol. The van der Waals surface area contributed by atoms with E-state index in [2.05, 4.69) is 4.72 Å². The van der Waals surface area contributed by atoms with Crippen molar-refractivity contribution in [2.75, 3.05) is 6.54 Å². The number of benzene rings is 2. The van der Waals surface area contributed by atoms with Gasteiger partial charge in [0.05, 0.1) is 10.5 Å². The molecule has 0 saturated carbocycles. The van der Waals surface area contributed by atoms with Gasteiger partial charge in [-0.25, -0.2) is 17.9 Å². The number of aryl methyl sites for hydroxylation is 2. The molecule has 0 aromatic heterocycles.